The Hall–Kier alpha value is -3.96. The van der Waals surface area contributed by atoms with E-state index in [-0.39, 0.29) is 29.5 Å². The number of hydrogen-bond donors (Lipinski definition) is 0. The molecule has 4 aromatic rings. The van der Waals surface area contributed by atoms with Crippen molar-refractivity contribution < 1.29 is 9.53 Å². The van der Waals surface area contributed by atoms with Crippen LogP contribution in [-0.2, 0) is 6.54 Å². The Kier molecular flexibility index (Phi) is 5.28. The molecule has 0 N–H and O–H groups in total. The average Bonchev–Trinajstić information content (AvgIpc) is 3.11. The van der Waals surface area contributed by atoms with Gasteiger partial charge >= 0.3 is 0 Å². The number of rotatable bonds is 4. The fraction of sp³-hybridized carbons (Fsp3) is 0.136. The molecule has 0 unspecified atom stereocenters. The second-order valence-corrected chi connectivity index (χ2v) is 7.34. The molecule has 0 saturated carbocycles. The first-order valence-electron chi connectivity index (χ1n) is 9.29. The lowest BCUT2D eigenvalue weighted by molar-refractivity contribution is 0.0925. The minimum atomic E-state index is -0.382. The van der Waals surface area contributed by atoms with Crippen molar-refractivity contribution in [2.75, 3.05) is 0 Å². The van der Waals surface area contributed by atoms with Crippen LogP contribution in [0.4, 0.5) is 0 Å². The fourth-order valence-electron chi connectivity index (χ4n) is 3.21. The van der Waals surface area contributed by atoms with E-state index in [2.05, 4.69) is 10.1 Å². The Bertz CT molecular complexity index is 1430. The van der Waals surface area contributed by atoms with E-state index in [0.29, 0.717) is 32.9 Å². The molecule has 154 valence electrons. The molecule has 0 bridgehead atoms. The molecular formula is C22H16ClN5O3. The van der Waals surface area contributed by atoms with Crippen molar-refractivity contribution in [1.29, 1.82) is 5.26 Å². The molecule has 3 aromatic heterocycles. The molecule has 1 aromatic carbocycles. The first kappa shape index (κ1) is 20.3. The van der Waals surface area contributed by atoms with Gasteiger partial charge in [0.15, 0.2) is 11.4 Å². The van der Waals surface area contributed by atoms with Gasteiger partial charge in [0.25, 0.3) is 5.56 Å². The van der Waals surface area contributed by atoms with Crippen LogP contribution in [0.2, 0.25) is 5.02 Å². The SMILES string of the molecule is CC(=O)n1nc(Cn2ccc(C)c(Oc3cc(Cl)cc(C#N)c3)c2=O)c2cccnc21. The van der Waals surface area contributed by atoms with E-state index in [9.17, 15) is 9.59 Å². The minimum Gasteiger partial charge on any atom is -0.451 e. The number of carbonyl (C=O) groups is 1. The van der Waals surface area contributed by atoms with E-state index in [1.807, 2.05) is 6.07 Å². The van der Waals surface area contributed by atoms with E-state index < -0.39 is 0 Å². The predicted octanol–water partition coefficient (Wildman–Crippen LogP) is 3.93. The third-order valence-corrected chi connectivity index (χ3v) is 4.89. The molecule has 0 spiro atoms. The molecule has 9 heteroatoms. The minimum absolute atomic E-state index is 0.113. The summed E-state index contributed by atoms with van der Waals surface area (Å²) in [6.07, 6.45) is 3.22. The summed E-state index contributed by atoms with van der Waals surface area (Å²) in [5.41, 5.74) is 1.54. The maximum absolute atomic E-state index is 13.1. The lowest BCUT2D eigenvalue weighted by Gasteiger charge is -2.12. The molecule has 31 heavy (non-hydrogen) atoms. The summed E-state index contributed by atoms with van der Waals surface area (Å²) in [5, 5.41) is 14.5. The summed E-state index contributed by atoms with van der Waals surface area (Å²) < 4.78 is 8.47. The molecule has 0 aliphatic heterocycles. The van der Waals surface area contributed by atoms with Gasteiger partial charge in [-0.1, -0.05) is 11.6 Å². The molecule has 0 radical (unpaired) electrons. The van der Waals surface area contributed by atoms with Crippen LogP contribution in [0.1, 0.15) is 28.5 Å². The van der Waals surface area contributed by atoms with Gasteiger partial charge in [0.2, 0.25) is 5.91 Å². The van der Waals surface area contributed by atoms with Crippen LogP contribution in [0.3, 0.4) is 0 Å². The van der Waals surface area contributed by atoms with Gasteiger partial charge in [0, 0.05) is 29.7 Å². The molecule has 0 atom stereocenters. The second-order valence-electron chi connectivity index (χ2n) is 6.90. The number of benzene rings is 1. The van der Waals surface area contributed by atoms with Crippen molar-refractivity contribution >= 4 is 28.5 Å². The van der Waals surface area contributed by atoms with Gasteiger partial charge in [-0.3, -0.25) is 9.59 Å². The summed E-state index contributed by atoms with van der Waals surface area (Å²) in [7, 11) is 0. The fourth-order valence-corrected chi connectivity index (χ4v) is 3.43. The number of carbonyl (C=O) groups excluding carboxylic acids is 1. The summed E-state index contributed by atoms with van der Waals surface area (Å²) in [4.78, 5) is 29.3. The molecular weight excluding hydrogens is 418 g/mol. The number of aryl methyl sites for hydroxylation is 1. The molecule has 3 heterocycles. The Labute approximate surface area is 181 Å². The first-order chi connectivity index (χ1) is 14.9. The van der Waals surface area contributed by atoms with E-state index in [1.165, 1.54) is 34.4 Å². The molecule has 0 aliphatic carbocycles. The molecule has 0 fully saturated rings. The van der Waals surface area contributed by atoms with Gasteiger partial charge < -0.3 is 9.30 Å². The summed E-state index contributed by atoms with van der Waals surface area (Å²) in [5.74, 6) is 0.129. The van der Waals surface area contributed by atoms with Crippen molar-refractivity contribution in [3.05, 3.63) is 81.0 Å². The highest BCUT2D eigenvalue weighted by atomic mass is 35.5. The quantitative estimate of drug-likeness (QED) is 0.483. The number of pyridine rings is 2. The number of halogens is 1. The van der Waals surface area contributed by atoms with E-state index in [1.54, 1.807) is 37.5 Å². The number of nitrogens with zero attached hydrogens (tertiary/aromatic N) is 5. The standard InChI is InChI=1S/C22H16ClN5O3/c1-13-5-7-27(12-19-18-4-3-6-25-21(18)28(26-19)14(2)29)22(30)20(13)31-17-9-15(11-24)8-16(23)10-17/h3-10H,12H2,1-2H3. The second kappa shape index (κ2) is 8.05. The van der Waals surface area contributed by atoms with Crippen LogP contribution in [0.25, 0.3) is 11.0 Å². The number of nitriles is 1. The van der Waals surface area contributed by atoms with Crippen molar-refractivity contribution in [2.45, 2.75) is 20.4 Å². The molecule has 8 nitrogen and oxygen atoms in total. The van der Waals surface area contributed by atoms with Gasteiger partial charge in [0.05, 0.1) is 23.9 Å². The van der Waals surface area contributed by atoms with Crippen molar-refractivity contribution in [3.63, 3.8) is 0 Å². The molecule has 0 aliphatic rings. The van der Waals surface area contributed by atoms with Crippen LogP contribution in [0.5, 0.6) is 11.5 Å². The monoisotopic (exact) mass is 433 g/mol. The highest BCUT2D eigenvalue weighted by molar-refractivity contribution is 6.30. The van der Waals surface area contributed by atoms with Crippen molar-refractivity contribution in [1.82, 2.24) is 19.3 Å². The van der Waals surface area contributed by atoms with Crippen LogP contribution in [0, 0.1) is 18.3 Å². The van der Waals surface area contributed by atoms with Crippen LogP contribution < -0.4 is 10.3 Å². The van der Waals surface area contributed by atoms with Gasteiger partial charge in [-0.25, -0.2) is 4.98 Å². The highest BCUT2D eigenvalue weighted by Crippen LogP contribution is 2.26. The normalized spacial score (nSPS) is 10.8. The van der Waals surface area contributed by atoms with E-state index in [4.69, 9.17) is 21.6 Å². The van der Waals surface area contributed by atoms with Crippen molar-refractivity contribution in [2.24, 2.45) is 0 Å². The number of hydrogen-bond acceptors (Lipinski definition) is 6. The van der Waals surface area contributed by atoms with E-state index >= 15 is 0 Å². The third-order valence-electron chi connectivity index (χ3n) is 4.68. The van der Waals surface area contributed by atoms with E-state index in [0.717, 1.165) is 0 Å². The summed E-state index contributed by atoms with van der Waals surface area (Å²) in [6.45, 7) is 3.27. The van der Waals surface area contributed by atoms with Gasteiger partial charge in [0.1, 0.15) is 5.75 Å². The summed E-state index contributed by atoms with van der Waals surface area (Å²) in [6, 6.07) is 11.8. The molecule has 0 amide bonds. The zero-order chi connectivity index (χ0) is 22.1. The topological polar surface area (TPSA) is 103 Å². The van der Waals surface area contributed by atoms with Gasteiger partial charge in [-0.15, -0.1) is 0 Å². The number of fused-ring (bicyclic) bond motifs is 1. The lowest BCUT2D eigenvalue weighted by atomic mass is 10.2. The molecule has 0 saturated heterocycles. The molecule has 4 rings (SSSR count). The maximum atomic E-state index is 13.1. The zero-order valence-corrected chi connectivity index (χ0v) is 17.4. The summed E-state index contributed by atoms with van der Waals surface area (Å²) >= 11 is 6.04. The van der Waals surface area contributed by atoms with Gasteiger partial charge in [-0.05, 0) is 48.9 Å². The average molecular weight is 434 g/mol. The van der Waals surface area contributed by atoms with Crippen molar-refractivity contribution in [3.8, 4) is 17.6 Å². The smallest absolute Gasteiger partial charge is 0.294 e. The Balaban J connectivity index is 1.75. The zero-order valence-electron chi connectivity index (χ0n) is 16.7. The Morgan fingerprint density at radius 1 is 1.29 bits per heavy atom. The predicted molar refractivity (Wildman–Crippen MR) is 115 cm³/mol. The highest BCUT2D eigenvalue weighted by Gasteiger charge is 2.17. The first-order valence-corrected chi connectivity index (χ1v) is 9.67. The van der Waals surface area contributed by atoms with Crippen LogP contribution in [0.15, 0.2) is 53.6 Å². The Morgan fingerprint density at radius 3 is 2.84 bits per heavy atom. The van der Waals surface area contributed by atoms with Crippen LogP contribution >= 0.6 is 11.6 Å². The third kappa shape index (κ3) is 3.91. The maximum Gasteiger partial charge on any atom is 0.294 e. The van der Waals surface area contributed by atoms with Crippen LogP contribution in [-0.4, -0.2) is 25.2 Å². The Morgan fingerprint density at radius 2 is 2.10 bits per heavy atom. The number of aromatic nitrogens is 4. The largest absolute Gasteiger partial charge is 0.451 e. The number of ether oxygens (including phenoxy) is 1. The lowest BCUT2D eigenvalue weighted by Crippen LogP contribution is -2.22. The van der Waals surface area contributed by atoms with Gasteiger partial charge in [-0.2, -0.15) is 15.0 Å².